The molecule has 0 unspecified atom stereocenters. The lowest BCUT2D eigenvalue weighted by Crippen LogP contribution is -2.72. The lowest BCUT2D eigenvalue weighted by atomic mass is 9.74. The van der Waals surface area contributed by atoms with E-state index in [1.165, 1.54) is 6.42 Å². The number of nitrogens with one attached hydrogen (secondary N) is 3. The Morgan fingerprint density at radius 3 is 2.76 bits per heavy atom. The van der Waals surface area contributed by atoms with Gasteiger partial charge in [0.1, 0.15) is 0 Å². The summed E-state index contributed by atoms with van der Waals surface area (Å²) in [6.07, 6.45) is 10.8. The van der Waals surface area contributed by atoms with Gasteiger partial charge in [0, 0.05) is 53.8 Å². The summed E-state index contributed by atoms with van der Waals surface area (Å²) in [7, 11) is 1.78. The standard InChI is InChI=1S/C26H35N5O2/c1-17(27-2)25(33)30-26(18-8-4-3-5-9-18,31-15-13-22-23(31)12-14-28-22)24(32)20-16-29-21-11-7-6-10-19(20)21/h6-7,10-11,14,16-18,22-23,27,29H,3-5,8-9,12-13,15H2,1-2H3,(H,30,33)/t17-,22+,23+,26-/m0/s1. The molecule has 3 heterocycles. The molecule has 0 spiro atoms. The summed E-state index contributed by atoms with van der Waals surface area (Å²) in [6, 6.07) is 7.91. The Morgan fingerprint density at radius 2 is 1.97 bits per heavy atom. The smallest absolute Gasteiger partial charge is 0.238 e. The number of benzene rings is 1. The summed E-state index contributed by atoms with van der Waals surface area (Å²) in [5.74, 6) is -0.0468. The van der Waals surface area contributed by atoms with E-state index in [0.717, 1.165) is 56.0 Å². The molecule has 1 amide bonds. The number of carbonyl (C=O) groups excluding carboxylic acids is 2. The molecule has 7 nitrogen and oxygen atoms in total. The van der Waals surface area contributed by atoms with Crippen molar-refractivity contribution in [2.45, 2.75) is 75.7 Å². The third-order valence-corrected chi connectivity index (χ3v) is 8.12. The highest BCUT2D eigenvalue weighted by molar-refractivity contribution is 6.13. The van der Waals surface area contributed by atoms with Crippen LogP contribution in [0.1, 0.15) is 62.2 Å². The lowest BCUT2D eigenvalue weighted by Gasteiger charge is -2.50. The second kappa shape index (κ2) is 9.03. The molecule has 4 atom stereocenters. The molecule has 5 rings (SSSR count). The summed E-state index contributed by atoms with van der Waals surface area (Å²) < 4.78 is 0. The normalized spacial score (nSPS) is 26.2. The number of para-hydroxylation sites is 1. The van der Waals surface area contributed by atoms with Crippen molar-refractivity contribution in [2.75, 3.05) is 13.6 Å². The summed E-state index contributed by atoms with van der Waals surface area (Å²) in [5.41, 5.74) is 0.536. The zero-order valence-corrected chi connectivity index (χ0v) is 19.6. The number of fused-ring (bicyclic) bond motifs is 2. The van der Waals surface area contributed by atoms with E-state index in [2.05, 4.69) is 20.5 Å². The first kappa shape index (κ1) is 22.3. The molecule has 1 aliphatic carbocycles. The van der Waals surface area contributed by atoms with Crippen LogP contribution in [0.5, 0.6) is 0 Å². The van der Waals surface area contributed by atoms with Crippen LogP contribution >= 0.6 is 0 Å². The topological polar surface area (TPSA) is 89.6 Å². The fourth-order valence-electron chi connectivity index (χ4n) is 6.23. The highest BCUT2D eigenvalue weighted by Crippen LogP contribution is 2.43. The van der Waals surface area contributed by atoms with Gasteiger partial charge in [0.25, 0.3) is 0 Å². The lowest BCUT2D eigenvalue weighted by molar-refractivity contribution is -0.128. The van der Waals surface area contributed by atoms with E-state index in [4.69, 9.17) is 4.99 Å². The number of ketones is 1. The minimum Gasteiger partial charge on any atom is -0.360 e. The molecule has 0 radical (unpaired) electrons. The van der Waals surface area contributed by atoms with Crippen molar-refractivity contribution in [3.8, 4) is 0 Å². The maximum Gasteiger partial charge on any atom is 0.238 e. The Labute approximate surface area is 195 Å². The molecule has 2 aromatic rings. The number of likely N-dealkylation sites (N-methyl/N-ethyl adjacent to an activating group) is 1. The van der Waals surface area contributed by atoms with Crippen molar-refractivity contribution in [3.05, 3.63) is 36.0 Å². The van der Waals surface area contributed by atoms with Gasteiger partial charge in [0.05, 0.1) is 12.1 Å². The Balaban J connectivity index is 1.66. The molecule has 1 aromatic carbocycles. The third-order valence-electron chi connectivity index (χ3n) is 8.12. The zero-order valence-electron chi connectivity index (χ0n) is 19.6. The Hall–Kier alpha value is -2.51. The Kier molecular flexibility index (Phi) is 6.10. The quantitative estimate of drug-likeness (QED) is 0.566. The number of H-pyrrole nitrogens is 1. The molecule has 1 aromatic heterocycles. The van der Waals surface area contributed by atoms with Crippen LogP contribution < -0.4 is 10.6 Å². The molecule has 2 fully saturated rings. The molecule has 176 valence electrons. The summed E-state index contributed by atoms with van der Waals surface area (Å²) >= 11 is 0. The van der Waals surface area contributed by atoms with Gasteiger partial charge in [-0.3, -0.25) is 19.5 Å². The van der Waals surface area contributed by atoms with Crippen molar-refractivity contribution in [1.82, 2.24) is 20.5 Å². The predicted molar refractivity (Wildman–Crippen MR) is 131 cm³/mol. The summed E-state index contributed by atoms with van der Waals surface area (Å²) in [4.78, 5) is 38.5. The fourth-order valence-corrected chi connectivity index (χ4v) is 6.23. The second-order valence-electron chi connectivity index (χ2n) is 9.86. The maximum absolute atomic E-state index is 14.7. The van der Waals surface area contributed by atoms with Gasteiger partial charge in [0.15, 0.2) is 5.66 Å². The van der Waals surface area contributed by atoms with Crippen LogP contribution in [0.4, 0.5) is 0 Å². The molecular formula is C26H35N5O2. The highest BCUT2D eigenvalue weighted by atomic mass is 16.2. The van der Waals surface area contributed by atoms with Crippen molar-refractivity contribution in [2.24, 2.45) is 10.9 Å². The van der Waals surface area contributed by atoms with Crippen molar-refractivity contribution >= 4 is 28.8 Å². The van der Waals surface area contributed by atoms with E-state index in [9.17, 15) is 9.59 Å². The average molecular weight is 450 g/mol. The van der Waals surface area contributed by atoms with Gasteiger partial charge in [-0.15, -0.1) is 0 Å². The number of aromatic amines is 1. The van der Waals surface area contributed by atoms with Crippen molar-refractivity contribution in [3.63, 3.8) is 0 Å². The molecule has 3 aliphatic rings. The van der Waals surface area contributed by atoms with Gasteiger partial charge in [-0.2, -0.15) is 0 Å². The first-order valence-electron chi connectivity index (χ1n) is 12.4. The van der Waals surface area contributed by atoms with E-state index >= 15 is 0 Å². The van der Waals surface area contributed by atoms with Gasteiger partial charge in [-0.05, 0) is 39.3 Å². The number of hydrogen-bond acceptors (Lipinski definition) is 5. The molecule has 0 bridgehead atoms. The SMILES string of the molecule is CN[C@@H](C)C(=O)N[C@@](C(=O)c1c[nH]c2ccccc12)(C1CCCCC1)N1CC[C@H]2N=CC[C@H]21. The number of amides is 1. The first-order valence-corrected chi connectivity index (χ1v) is 12.4. The number of nitrogens with zero attached hydrogens (tertiary/aromatic N) is 2. The minimum atomic E-state index is -1.07. The van der Waals surface area contributed by atoms with Gasteiger partial charge in [0.2, 0.25) is 11.7 Å². The van der Waals surface area contributed by atoms with Gasteiger partial charge in [-0.25, -0.2) is 0 Å². The Morgan fingerprint density at radius 1 is 1.18 bits per heavy atom. The van der Waals surface area contributed by atoms with Crippen LogP contribution in [0.2, 0.25) is 0 Å². The van der Waals surface area contributed by atoms with Crippen molar-refractivity contribution in [1.29, 1.82) is 0 Å². The minimum absolute atomic E-state index is 0.0102. The molecular weight excluding hydrogens is 414 g/mol. The highest BCUT2D eigenvalue weighted by Gasteiger charge is 2.57. The number of hydrogen-bond donors (Lipinski definition) is 3. The Bertz CT molecular complexity index is 1060. The molecule has 1 saturated carbocycles. The van der Waals surface area contributed by atoms with Crippen LogP contribution in [-0.4, -0.2) is 65.2 Å². The third kappa shape index (κ3) is 3.71. The number of aliphatic imine (C=N–C) groups is 1. The number of Topliss-reactive ketones (excluding diaryl/α,β-unsaturated/α-hetero) is 1. The first-order chi connectivity index (χ1) is 16.1. The van der Waals surface area contributed by atoms with E-state index in [1.54, 1.807) is 7.05 Å². The molecule has 2 aliphatic heterocycles. The fraction of sp³-hybridized carbons (Fsp3) is 0.577. The van der Waals surface area contributed by atoms with E-state index in [-0.39, 0.29) is 35.7 Å². The molecule has 1 saturated heterocycles. The molecule has 33 heavy (non-hydrogen) atoms. The molecule has 3 N–H and O–H groups in total. The second-order valence-corrected chi connectivity index (χ2v) is 9.86. The van der Waals surface area contributed by atoms with Crippen LogP contribution in [0.3, 0.4) is 0 Å². The summed E-state index contributed by atoms with van der Waals surface area (Å²) in [6.45, 7) is 2.62. The molecule has 7 heteroatoms. The van der Waals surface area contributed by atoms with Crippen LogP contribution in [-0.2, 0) is 4.79 Å². The van der Waals surface area contributed by atoms with Crippen molar-refractivity contribution < 1.29 is 9.59 Å². The van der Waals surface area contributed by atoms with E-state index in [1.807, 2.05) is 43.6 Å². The van der Waals surface area contributed by atoms with Gasteiger partial charge in [-0.1, -0.05) is 37.5 Å². The van der Waals surface area contributed by atoms with Gasteiger partial charge < -0.3 is 15.6 Å². The average Bonchev–Trinajstić information content (AvgIpc) is 3.58. The van der Waals surface area contributed by atoms with Crippen LogP contribution in [0, 0.1) is 5.92 Å². The van der Waals surface area contributed by atoms with E-state index < -0.39 is 5.66 Å². The zero-order chi connectivity index (χ0) is 23.0. The largest absolute Gasteiger partial charge is 0.360 e. The number of aromatic nitrogens is 1. The van der Waals surface area contributed by atoms with Crippen LogP contribution in [0.15, 0.2) is 35.5 Å². The van der Waals surface area contributed by atoms with E-state index in [0.29, 0.717) is 5.56 Å². The number of carbonyl (C=O) groups is 2. The predicted octanol–water partition coefficient (Wildman–Crippen LogP) is 3.27. The van der Waals surface area contributed by atoms with Crippen LogP contribution in [0.25, 0.3) is 10.9 Å². The summed E-state index contributed by atoms with van der Waals surface area (Å²) in [5, 5.41) is 7.34. The maximum atomic E-state index is 14.7. The monoisotopic (exact) mass is 449 g/mol. The van der Waals surface area contributed by atoms with Gasteiger partial charge >= 0.3 is 0 Å². The number of rotatable bonds is 7. The number of likely N-dealkylation sites (tertiary alicyclic amines) is 1.